The fourth-order valence-electron chi connectivity index (χ4n) is 2.17. The first-order chi connectivity index (χ1) is 8.63. The number of nitrogens with zero attached hydrogens (tertiary/aromatic N) is 1. The molecule has 6 heteroatoms. The highest BCUT2D eigenvalue weighted by Crippen LogP contribution is 2.32. The fourth-order valence-corrected chi connectivity index (χ4v) is 3.99. The quantitative estimate of drug-likeness (QED) is 0.659. The molecular formula is C12H15FI2N2O. The van der Waals surface area contributed by atoms with E-state index in [1.54, 1.807) is 0 Å². The van der Waals surface area contributed by atoms with Crippen LogP contribution >= 0.6 is 45.2 Å². The summed E-state index contributed by atoms with van der Waals surface area (Å²) in [6, 6.07) is 3.56. The van der Waals surface area contributed by atoms with Crippen molar-refractivity contribution < 1.29 is 9.50 Å². The molecule has 1 aliphatic rings. The van der Waals surface area contributed by atoms with E-state index in [0.29, 0.717) is 0 Å². The third-order valence-corrected chi connectivity index (χ3v) is 4.81. The van der Waals surface area contributed by atoms with Gasteiger partial charge in [0.1, 0.15) is 12.4 Å². The molecule has 100 valence electrons. The lowest BCUT2D eigenvalue weighted by Crippen LogP contribution is -2.45. The maximum absolute atomic E-state index is 13.4. The Labute approximate surface area is 133 Å². The van der Waals surface area contributed by atoms with Crippen LogP contribution in [0.3, 0.4) is 0 Å². The topological polar surface area (TPSA) is 35.5 Å². The van der Waals surface area contributed by atoms with Crippen LogP contribution < -0.4 is 5.32 Å². The summed E-state index contributed by atoms with van der Waals surface area (Å²) >= 11 is 4.18. The van der Waals surface area contributed by atoms with Gasteiger partial charge in [0, 0.05) is 26.2 Å². The molecule has 1 saturated heterocycles. The van der Waals surface area contributed by atoms with Crippen molar-refractivity contribution in [3.8, 4) is 5.75 Å². The molecule has 0 spiro atoms. The second-order valence-corrected chi connectivity index (χ2v) is 6.61. The number of phenolic OH excluding ortho intramolecular Hbond substituents is 1. The van der Waals surface area contributed by atoms with Crippen LogP contribution in [0.2, 0.25) is 0 Å². The summed E-state index contributed by atoms with van der Waals surface area (Å²) in [5.74, 6) is 0.290. The van der Waals surface area contributed by atoms with E-state index in [1.165, 1.54) is 0 Å². The maximum Gasteiger partial charge on any atom is 0.142 e. The molecule has 3 nitrogen and oxygen atoms in total. The van der Waals surface area contributed by atoms with E-state index < -0.39 is 6.67 Å². The lowest BCUT2D eigenvalue weighted by molar-refractivity contribution is 0.147. The van der Waals surface area contributed by atoms with Gasteiger partial charge in [-0.05, 0) is 62.9 Å². The number of phenols is 1. The molecule has 18 heavy (non-hydrogen) atoms. The molecule has 1 aromatic carbocycles. The van der Waals surface area contributed by atoms with E-state index in [1.807, 2.05) is 12.1 Å². The van der Waals surface area contributed by atoms with Gasteiger partial charge in [-0.15, -0.1) is 0 Å². The van der Waals surface area contributed by atoms with E-state index in [4.69, 9.17) is 0 Å². The summed E-state index contributed by atoms with van der Waals surface area (Å²) < 4.78 is 14.9. The monoisotopic (exact) mass is 476 g/mol. The van der Waals surface area contributed by atoms with E-state index in [2.05, 4.69) is 55.4 Å². The SMILES string of the molecule is Oc1c(I)cc([C@@H](CF)N2CCNCC2)cc1I. The van der Waals surface area contributed by atoms with Gasteiger partial charge in [0.2, 0.25) is 0 Å². The summed E-state index contributed by atoms with van der Waals surface area (Å²) in [4.78, 5) is 2.16. The average Bonchev–Trinajstić information content (AvgIpc) is 2.38. The number of nitrogens with one attached hydrogen (secondary N) is 1. The van der Waals surface area contributed by atoms with E-state index >= 15 is 0 Å². The van der Waals surface area contributed by atoms with Crippen LogP contribution in [0.15, 0.2) is 12.1 Å². The Kier molecular flexibility index (Phi) is 5.46. The molecule has 2 rings (SSSR count). The average molecular weight is 476 g/mol. The van der Waals surface area contributed by atoms with Gasteiger partial charge in [0.05, 0.1) is 13.2 Å². The van der Waals surface area contributed by atoms with Crippen LogP contribution in [-0.4, -0.2) is 42.9 Å². The van der Waals surface area contributed by atoms with Gasteiger partial charge in [-0.1, -0.05) is 0 Å². The van der Waals surface area contributed by atoms with Crippen molar-refractivity contribution in [2.45, 2.75) is 6.04 Å². The summed E-state index contributed by atoms with van der Waals surface area (Å²) in [5, 5.41) is 13.0. The Morgan fingerprint density at radius 3 is 2.33 bits per heavy atom. The first kappa shape index (κ1) is 14.7. The highest BCUT2D eigenvalue weighted by atomic mass is 127. The summed E-state index contributed by atoms with van der Waals surface area (Å²) in [5.41, 5.74) is 0.950. The number of piperazine rings is 1. The van der Waals surface area contributed by atoms with Crippen LogP contribution in [-0.2, 0) is 0 Å². The zero-order chi connectivity index (χ0) is 13.1. The lowest BCUT2D eigenvalue weighted by atomic mass is 10.1. The van der Waals surface area contributed by atoms with Crippen LogP contribution in [0.5, 0.6) is 5.75 Å². The first-order valence-electron chi connectivity index (χ1n) is 5.82. The van der Waals surface area contributed by atoms with Crippen LogP contribution in [0.1, 0.15) is 11.6 Å². The zero-order valence-electron chi connectivity index (χ0n) is 9.80. The molecule has 1 fully saturated rings. The minimum absolute atomic E-state index is 0.199. The van der Waals surface area contributed by atoms with E-state index in [0.717, 1.165) is 38.9 Å². The lowest BCUT2D eigenvalue weighted by Gasteiger charge is -2.33. The Bertz CT molecular complexity index is 402. The van der Waals surface area contributed by atoms with Crippen molar-refractivity contribution in [2.24, 2.45) is 0 Å². The summed E-state index contributed by atoms with van der Waals surface area (Å²) in [7, 11) is 0. The summed E-state index contributed by atoms with van der Waals surface area (Å²) in [6.45, 7) is 3.15. The molecule has 0 bridgehead atoms. The fraction of sp³-hybridized carbons (Fsp3) is 0.500. The molecule has 0 saturated carbocycles. The van der Waals surface area contributed by atoms with Gasteiger partial charge in [-0.25, -0.2) is 4.39 Å². The highest BCUT2D eigenvalue weighted by Gasteiger charge is 2.23. The van der Waals surface area contributed by atoms with Gasteiger partial charge in [0.25, 0.3) is 0 Å². The second-order valence-electron chi connectivity index (χ2n) is 4.29. The molecule has 2 N–H and O–H groups in total. The normalized spacial score (nSPS) is 18.8. The third kappa shape index (κ3) is 3.26. The molecule has 0 amide bonds. The van der Waals surface area contributed by atoms with Crippen LogP contribution in [0.4, 0.5) is 4.39 Å². The molecule has 0 radical (unpaired) electrons. The van der Waals surface area contributed by atoms with Gasteiger partial charge in [-0.3, -0.25) is 4.90 Å². The standard InChI is InChI=1S/C12H15FI2N2O/c13-7-11(17-3-1-16-2-4-17)8-5-9(14)12(18)10(15)6-8/h5-6,11,16,18H,1-4,7H2/t11-/m1/s1. The van der Waals surface area contributed by atoms with Crippen molar-refractivity contribution in [3.63, 3.8) is 0 Å². The Balaban J connectivity index is 2.26. The van der Waals surface area contributed by atoms with Crippen molar-refractivity contribution in [1.82, 2.24) is 10.2 Å². The van der Waals surface area contributed by atoms with Gasteiger partial charge in [0.15, 0.2) is 0 Å². The molecule has 0 aliphatic carbocycles. The number of halogens is 3. The van der Waals surface area contributed by atoms with Gasteiger partial charge in [-0.2, -0.15) is 0 Å². The Morgan fingerprint density at radius 2 is 1.83 bits per heavy atom. The van der Waals surface area contributed by atoms with Crippen molar-refractivity contribution in [1.29, 1.82) is 0 Å². The highest BCUT2D eigenvalue weighted by molar-refractivity contribution is 14.1. The number of rotatable bonds is 3. The molecule has 1 atom stereocenters. The number of alkyl halides is 1. The second kappa shape index (κ2) is 6.67. The minimum atomic E-state index is -0.392. The van der Waals surface area contributed by atoms with Crippen LogP contribution in [0.25, 0.3) is 0 Å². The molecule has 0 aromatic heterocycles. The van der Waals surface area contributed by atoms with Gasteiger partial charge < -0.3 is 10.4 Å². The largest absolute Gasteiger partial charge is 0.506 e. The smallest absolute Gasteiger partial charge is 0.142 e. The number of hydrogen-bond donors (Lipinski definition) is 2. The van der Waals surface area contributed by atoms with Crippen molar-refractivity contribution >= 4 is 45.2 Å². The number of hydrogen-bond acceptors (Lipinski definition) is 3. The molecule has 0 unspecified atom stereocenters. The van der Waals surface area contributed by atoms with Crippen LogP contribution in [0, 0.1) is 7.14 Å². The van der Waals surface area contributed by atoms with Gasteiger partial charge >= 0.3 is 0 Å². The Hall–Kier alpha value is 0.330. The predicted octanol–water partition coefficient (Wildman–Crippen LogP) is 2.52. The number of aromatic hydroxyl groups is 1. The Morgan fingerprint density at radius 1 is 1.28 bits per heavy atom. The number of benzene rings is 1. The first-order valence-corrected chi connectivity index (χ1v) is 7.98. The molecular weight excluding hydrogens is 461 g/mol. The van der Waals surface area contributed by atoms with Crippen molar-refractivity contribution in [3.05, 3.63) is 24.8 Å². The van der Waals surface area contributed by atoms with E-state index in [9.17, 15) is 9.50 Å². The van der Waals surface area contributed by atoms with E-state index in [-0.39, 0.29) is 11.8 Å². The van der Waals surface area contributed by atoms with Crippen molar-refractivity contribution in [2.75, 3.05) is 32.9 Å². The molecule has 1 heterocycles. The maximum atomic E-state index is 13.4. The molecule has 1 aliphatic heterocycles. The minimum Gasteiger partial charge on any atom is -0.506 e. The predicted molar refractivity (Wildman–Crippen MR) is 86.7 cm³/mol. The summed E-state index contributed by atoms with van der Waals surface area (Å²) in [6.07, 6.45) is 0. The molecule has 1 aromatic rings. The zero-order valence-corrected chi connectivity index (χ0v) is 14.1. The third-order valence-electron chi connectivity index (χ3n) is 3.16.